The van der Waals surface area contributed by atoms with Gasteiger partial charge in [0, 0.05) is 35.6 Å². The zero-order valence-electron chi connectivity index (χ0n) is 9.91. The summed E-state index contributed by atoms with van der Waals surface area (Å²) >= 11 is 1.51. The molecule has 5 nitrogen and oxygen atoms in total. The largest absolute Gasteiger partial charge is 0.345 e. The van der Waals surface area contributed by atoms with Gasteiger partial charge < -0.3 is 5.32 Å². The topological polar surface area (TPSA) is 67.8 Å². The van der Waals surface area contributed by atoms with Crippen molar-refractivity contribution in [3.8, 4) is 0 Å². The van der Waals surface area contributed by atoms with Crippen LogP contribution in [0, 0.1) is 0 Å². The fourth-order valence-electron chi connectivity index (χ4n) is 1.76. The lowest BCUT2D eigenvalue weighted by molar-refractivity contribution is 0.0952. The van der Waals surface area contributed by atoms with E-state index < -0.39 is 0 Å². The van der Waals surface area contributed by atoms with Crippen LogP contribution in [0.1, 0.15) is 15.4 Å². The highest BCUT2D eigenvalue weighted by Gasteiger charge is 2.11. The molecule has 1 N–H and O–H groups in total. The van der Waals surface area contributed by atoms with Gasteiger partial charge in [-0.15, -0.1) is 11.3 Å². The second-order valence-electron chi connectivity index (χ2n) is 3.87. The van der Waals surface area contributed by atoms with Crippen LogP contribution in [0.2, 0.25) is 0 Å². The Balaban J connectivity index is 1.85. The highest BCUT2D eigenvalue weighted by molar-refractivity contribution is 7.09. The maximum Gasteiger partial charge on any atom is 0.255 e. The number of nitrogens with one attached hydrogen (secondary N) is 1. The quantitative estimate of drug-likeness (QED) is 0.790. The van der Waals surface area contributed by atoms with Gasteiger partial charge in [0.2, 0.25) is 0 Å². The Hall–Kier alpha value is -2.34. The molecule has 3 aromatic heterocycles. The van der Waals surface area contributed by atoms with E-state index in [-0.39, 0.29) is 5.91 Å². The number of pyridine rings is 2. The van der Waals surface area contributed by atoms with E-state index >= 15 is 0 Å². The molecule has 94 valence electrons. The molecule has 0 saturated heterocycles. The van der Waals surface area contributed by atoms with Crippen molar-refractivity contribution < 1.29 is 4.79 Å². The second-order valence-corrected chi connectivity index (χ2v) is 4.85. The first-order chi connectivity index (χ1) is 9.34. The number of hydrogen-bond donors (Lipinski definition) is 1. The first-order valence-corrected chi connectivity index (χ1v) is 6.58. The normalized spacial score (nSPS) is 10.5. The fourth-order valence-corrected chi connectivity index (χ4v) is 2.31. The maximum atomic E-state index is 12.1. The number of rotatable bonds is 3. The molecule has 0 aromatic carbocycles. The van der Waals surface area contributed by atoms with E-state index in [0.717, 1.165) is 10.4 Å². The maximum absolute atomic E-state index is 12.1. The summed E-state index contributed by atoms with van der Waals surface area (Å²) in [5.74, 6) is -0.188. The van der Waals surface area contributed by atoms with Crippen LogP contribution in [0.15, 0.2) is 42.3 Å². The summed E-state index contributed by atoms with van der Waals surface area (Å²) in [5, 5.41) is 6.42. The van der Waals surface area contributed by atoms with Gasteiger partial charge in [-0.2, -0.15) is 0 Å². The SMILES string of the molecule is O=C(NCc1nccs1)c1cncc2cccnc12. The zero-order valence-corrected chi connectivity index (χ0v) is 10.7. The minimum absolute atomic E-state index is 0.188. The lowest BCUT2D eigenvalue weighted by Gasteiger charge is -2.05. The number of aromatic nitrogens is 3. The Labute approximate surface area is 113 Å². The Bertz CT molecular complexity index is 706. The van der Waals surface area contributed by atoms with Gasteiger partial charge in [0.1, 0.15) is 5.01 Å². The number of thiazole rings is 1. The van der Waals surface area contributed by atoms with E-state index in [9.17, 15) is 4.79 Å². The van der Waals surface area contributed by atoms with Gasteiger partial charge in [-0.1, -0.05) is 0 Å². The van der Waals surface area contributed by atoms with Gasteiger partial charge in [0.15, 0.2) is 0 Å². The Kier molecular flexibility index (Phi) is 3.16. The molecule has 3 heterocycles. The van der Waals surface area contributed by atoms with Gasteiger partial charge in [0.05, 0.1) is 17.6 Å². The molecule has 0 radical (unpaired) electrons. The van der Waals surface area contributed by atoms with Crippen LogP contribution >= 0.6 is 11.3 Å². The molecule has 3 rings (SSSR count). The summed E-state index contributed by atoms with van der Waals surface area (Å²) < 4.78 is 0. The van der Waals surface area contributed by atoms with Crippen LogP contribution < -0.4 is 5.32 Å². The third-order valence-electron chi connectivity index (χ3n) is 2.64. The molecule has 0 spiro atoms. The standard InChI is InChI=1S/C13H10N4OS/c18-13(17-8-11-15-4-5-19-11)10-7-14-6-9-2-1-3-16-12(9)10/h1-7H,8H2,(H,17,18). The molecule has 0 atom stereocenters. The van der Waals surface area contributed by atoms with E-state index in [1.165, 1.54) is 17.5 Å². The highest BCUT2D eigenvalue weighted by Crippen LogP contribution is 2.14. The van der Waals surface area contributed by atoms with Crippen LogP contribution in [-0.4, -0.2) is 20.9 Å². The monoisotopic (exact) mass is 270 g/mol. The predicted octanol–water partition coefficient (Wildman–Crippen LogP) is 2.02. The van der Waals surface area contributed by atoms with Gasteiger partial charge in [0.25, 0.3) is 5.91 Å². The van der Waals surface area contributed by atoms with Gasteiger partial charge in [-0.25, -0.2) is 4.98 Å². The lowest BCUT2D eigenvalue weighted by Crippen LogP contribution is -2.23. The highest BCUT2D eigenvalue weighted by atomic mass is 32.1. The Morgan fingerprint density at radius 1 is 1.26 bits per heavy atom. The average molecular weight is 270 g/mol. The Morgan fingerprint density at radius 3 is 3.05 bits per heavy atom. The molecule has 0 saturated carbocycles. The molecular formula is C13H10N4OS. The molecule has 0 aliphatic rings. The number of nitrogens with zero attached hydrogens (tertiary/aromatic N) is 3. The number of hydrogen-bond acceptors (Lipinski definition) is 5. The Morgan fingerprint density at radius 2 is 2.21 bits per heavy atom. The summed E-state index contributed by atoms with van der Waals surface area (Å²) in [6, 6.07) is 3.70. The van der Waals surface area contributed by atoms with Crippen molar-refractivity contribution in [2.45, 2.75) is 6.54 Å². The van der Waals surface area contributed by atoms with Crippen LogP contribution in [0.5, 0.6) is 0 Å². The van der Waals surface area contributed by atoms with Crippen molar-refractivity contribution in [3.63, 3.8) is 0 Å². The van der Waals surface area contributed by atoms with Crippen molar-refractivity contribution in [2.24, 2.45) is 0 Å². The number of fused-ring (bicyclic) bond motifs is 1. The third-order valence-corrected chi connectivity index (χ3v) is 3.42. The molecule has 0 bridgehead atoms. The summed E-state index contributed by atoms with van der Waals surface area (Å²) in [6.07, 6.45) is 6.61. The summed E-state index contributed by atoms with van der Waals surface area (Å²) in [7, 11) is 0. The molecule has 1 amide bonds. The molecule has 3 aromatic rings. The van der Waals surface area contributed by atoms with Crippen LogP contribution in [-0.2, 0) is 6.54 Å². The van der Waals surface area contributed by atoms with Crippen molar-refractivity contribution in [3.05, 3.63) is 52.9 Å². The molecular weight excluding hydrogens is 260 g/mol. The second kappa shape index (κ2) is 5.11. The fraction of sp³-hybridized carbons (Fsp3) is 0.0769. The number of amides is 1. The molecule has 0 aliphatic carbocycles. The first-order valence-electron chi connectivity index (χ1n) is 5.70. The van der Waals surface area contributed by atoms with Crippen LogP contribution in [0.4, 0.5) is 0 Å². The zero-order chi connectivity index (χ0) is 13.1. The average Bonchev–Trinajstić information content (AvgIpc) is 2.97. The van der Waals surface area contributed by atoms with E-state index in [1.807, 2.05) is 17.5 Å². The van der Waals surface area contributed by atoms with Crippen LogP contribution in [0.3, 0.4) is 0 Å². The van der Waals surface area contributed by atoms with Crippen molar-refractivity contribution >= 4 is 28.1 Å². The smallest absolute Gasteiger partial charge is 0.255 e. The molecule has 0 aliphatic heterocycles. The molecule has 19 heavy (non-hydrogen) atoms. The van der Waals surface area contributed by atoms with E-state index in [2.05, 4.69) is 20.3 Å². The summed E-state index contributed by atoms with van der Waals surface area (Å²) in [4.78, 5) is 24.6. The van der Waals surface area contributed by atoms with Crippen molar-refractivity contribution in [2.75, 3.05) is 0 Å². The molecule has 0 unspecified atom stereocenters. The van der Waals surface area contributed by atoms with E-state index in [0.29, 0.717) is 17.6 Å². The van der Waals surface area contributed by atoms with E-state index in [4.69, 9.17) is 0 Å². The van der Waals surface area contributed by atoms with Crippen LogP contribution in [0.25, 0.3) is 10.9 Å². The van der Waals surface area contributed by atoms with Gasteiger partial charge in [-0.05, 0) is 12.1 Å². The van der Waals surface area contributed by atoms with Crippen molar-refractivity contribution in [1.82, 2.24) is 20.3 Å². The number of carbonyl (C=O) groups is 1. The van der Waals surface area contributed by atoms with E-state index in [1.54, 1.807) is 18.6 Å². The molecule has 0 fully saturated rings. The minimum Gasteiger partial charge on any atom is -0.345 e. The first kappa shape index (κ1) is 11.7. The molecule has 6 heteroatoms. The van der Waals surface area contributed by atoms with Gasteiger partial charge >= 0.3 is 0 Å². The lowest BCUT2D eigenvalue weighted by atomic mass is 10.2. The van der Waals surface area contributed by atoms with Crippen molar-refractivity contribution in [1.29, 1.82) is 0 Å². The minimum atomic E-state index is -0.188. The summed E-state index contributed by atoms with van der Waals surface area (Å²) in [5.41, 5.74) is 1.14. The predicted molar refractivity (Wildman–Crippen MR) is 72.8 cm³/mol. The summed E-state index contributed by atoms with van der Waals surface area (Å²) in [6.45, 7) is 0.416. The van der Waals surface area contributed by atoms with Gasteiger partial charge in [-0.3, -0.25) is 14.8 Å². The number of carbonyl (C=O) groups excluding carboxylic acids is 1. The third kappa shape index (κ3) is 2.43.